The number of aromatic nitrogens is 1. The minimum Gasteiger partial charge on any atom is -0.350 e. The molecule has 19 heavy (non-hydrogen) atoms. The molecule has 0 unspecified atom stereocenters. The maximum Gasteiger partial charge on any atom is 0.267 e. The van der Waals surface area contributed by atoms with Crippen molar-refractivity contribution < 1.29 is 4.79 Å². The molecular formula is C15H23BrN2O. The number of amides is 1. The van der Waals surface area contributed by atoms with Gasteiger partial charge >= 0.3 is 0 Å². The number of nitrogens with one attached hydrogen (secondary N) is 1. The van der Waals surface area contributed by atoms with Crippen LogP contribution in [0.25, 0.3) is 0 Å². The van der Waals surface area contributed by atoms with Crippen LogP contribution in [0.4, 0.5) is 0 Å². The Morgan fingerprint density at radius 1 is 1.53 bits per heavy atom. The molecule has 0 saturated heterocycles. The molecule has 1 amide bonds. The fourth-order valence-electron chi connectivity index (χ4n) is 2.64. The summed E-state index contributed by atoms with van der Waals surface area (Å²) >= 11 is 3.45. The van der Waals surface area contributed by atoms with Crippen molar-refractivity contribution in [1.29, 1.82) is 0 Å². The second kappa shape index (κ2) is 5.70. The third kappa shape index (κ3) is 3.41. The van der Waals surface area contributed by atoms with E-state index in [1.165, 1.54) is 25.7 Å². The van der Waals surface area contributed by atoms with Crippen molar-refractivity contribution in [1.82, 2.24) is 9.88 Å². The summed E-state index contributed by atoms with van der Waals surface area (Å²) in [5.74, 6) is 0.0433. The Hall–Kier alpha value is -0.770. The van der Waals surface area contributed by atoms with Crippen molar-refractivity contribution in [2.24, 2.45) is 5.41 Å². The molecule has 0 bridgehead atoms. The summed E-state index contributed by atoms with van der Waals surface area (Å²) in [4.78, 5) is 12.3. The van der Waals surface area contributed by atoms with Crippen molar-refractivity contribution in [3.8, 4) is 0 Å². The molecule has 106 valence electrons. The first-order valence-corrected chi connectivity index (χ1v) is 7.92. The van der Waals surface area contributed by atoms with Gasteiger partial charge in [-0.05, 0) is 60.5 Å². The molecule has 1 heterocycles. The highest BCUT2D eigenvalue weighted by molar-refractivity contribution is 9.10. The smallest absolute Gasteiger partial charge is 0.267 e. The molecule has 1 aliphatic carbocycles. The zero-order valence-corrected chi connectivity index (χ0v) is 13.6. The first-order chi connectivity index (χ1) is 8.97. The van der Waals surface area contributed by atoms with E-state index in [-0.39, 0.29) is 11.9 Å². The van der Waals surface area contributed by atoms with E-state index >= 15 is 0 Å². The van der Waals surface area contributed by atoms with Crippen LogP contribution in [0.2, 0.25) is 0 Å². The number of carbonyl (C=O) groups is 1. The summed E-state index contributed by atoms with van der Waals surface area (Å²) in [6, 6.07) is 2.19. The number of hydrogen-bond acceptors (Lipinski definition) is 1. The van der Waals surface area contributed by atoms with Crippen molar-refractivity contribution in [3.05, 3.63) is 22.4 Å². The lowest BCUT2D eigenvalue weighted by molar-refractivity contribution is 0.0933. The molecule has 3 nitrogen and oxygen atoms in total. The van der Waals surface area contributed by atoms with Gasteiger partial charge in [0.05, 0.1) is 0 Å². The third-order valence-corrected chi connectivity index (χ3v) is 4.40. The SMILES string of the molecule is CCCC1(CNC(=O)c2cc(Br)cn2C(C)C)CC1. The standard InChI is InChI=1S/C15H23BrN2O/c1-4-5-15(6-7-15)10-17-14(19)13-8-12(16)9-18(13)11(2)3/h8-9,11H,4-7,10H2,1-3H3,(H,17,19). The highest BCUT2D eigenvalue weighted by Crippen LogP contribution is 2.48. The molecule has 1 fully saturated rings. The van der Waals surface area contributed by atoms with E-state index in [4.69, 9.17) is 0 Å². The average molecular weight is 327 g/mol. The summed E-state index contributed by atoms with van der Waals surface area (Å²) < 4.78 is 2.97. The monoisotopic (exact) mass is 326 g/mol. The largest absolute Gasteiger partial charge is 0.350 e. The fourth-order valence-corrected chi connectivity index (χ4v) is 3.07. The van der Waals surface area contributed by atoms with Crippen molar-refractivity contribution in [2.75, 3.05) is 6.54 Å². The van der Waals surface area contributed by atoms with Gasteiger partial charge in [0.15, 0.2) is 0 Å². The molecule has 0 spiro atoms. The molecule has 1 saturated carbocycles. The third-order valence-electron chi connectivity index (χ3n) is 3.97. The zero-order chi connectivity index (χ0) is 14.0. The lowest BCUT2D eigenvalue weighted by Crippen LogP contribution is -2.31. The first-order valence-electron chi connectivity index (χ1n) is 7.13. The van der Waals surface area contributed by atoms with E-state index in [0.717, 1.165) is 16.7 Å². The van der Waals surface area contributed by atoms with Crippen LogP contribution in [0.1, 0.15) is 63.0 Å². The zero-order valence-electron chi connectivity index (χ0n) is 12.0. The molecule has 1 aliphatic rings. The van der Waals surface area contributed by atoms with E-state index in [9.17, 15) is 4.79 Å². The summed E-state index contributed by atoms with van der Waals surface area (Å²) in [6.07, 6.45) is 6.91. The van der Waals surface area contributed by atoms with Gasteiger partial charge in [-0.15, -0.1) is 0 Å². The molecule has 0 radical (unpaired) electrons. The van der Waals surface area contributed by atoms with Crippen LogP contribution < -0.4 is 5.32 Å². The predicted octanol–water partition coefficient (Wildman–Crippen LogP) is 4.14. The van der Waals surface area contributed by atoms with Gasteiger partial charge in [0.25, 0.3) is 5.91 Å². The Kier molecular flexibility index (Phi) is 4.39. The van der Waals surface area contributed by atoms with Crippen LogP contribution in [0.3, 0.4) is 0 Å². The van der Waals surface area contributed by atoms with Gasteiger partial charge in [-0.2, -0.15) is 0 Å². The minimum absolute atomic E-state index is 0.0433. The van der Waals surface area contributed by atoms with Crippen LogP contribution in [0.5, 0.6) is 0 Å². The molecule has 0 atom stereocenters. The lowest BCUT2D eigenvalue weighted by Gasteiger charge is -2.16. The van der Waals surface area contributed by atoms with Gasteiger partial charge < -0.3 is 9.88 Å². The van der Waals surface area contributed by atoms with Gasteiger partial charge in [0.2, 0.25) is 0 Å². The van der Waals surface area contributed by atoms with Crippen LogP contribution in [0, 0.1) is 5.41 Å². The Balaban J connectivity index is 2.00. The fraction of sp³-hybridized carbons (Fsp3) is 0.667. The predicted molar refractivity (Wildman–Crippen MR) is 81.4 cm³/mol. The number of halogens is 1. The second-order valence-corrected chi connectivity index (χ2v) is 6.89. The van der Waals surface area contributed by atoms with E-state index in [1.54, 1.807) is 0 Å². The summed E-state index contributed by atoms with van der Waals surface area (Å²) in [5, 5.41) is 3.11. The number of rotatable bonds is 6. The van der Waals surface area contributed by atoms with Crippen molar-refractivity contribution in [3.63, 3.8) is 0 Å². The molecule has 1 N–H and O–H groups in total. The van der Waals surface area contributed by atoms with E-state index in [1.807, 2.05) is 16.8 Å². The Morgan fingerprint density at radius 2 is 2.21 bits per heavy atom. The Labute approximate surface area is 123 Å². The van der Waals surface area contributed by atoms with Crippen LogP contribution in [-0.4, -0.2) is 17.0 Å². The molecular weight excluding hydrogens is 304 g/mol. The summed E-state index contributed by atoms with van der Waals surface area (Å²) in [5.41, 5.74) is 1.14. The molecule has 0 aromatic carbocycles. The molecule has 4 heteroatoms. The highest BCUT2D eigenvalue weighted by Gasteiger charge is 2.41. The van der Waals surface area contributed by atoms with E-state index < -0.39 is 0 Å². The Morgan fingerprint density at radius 3 is 2.74 bits per heavy atom. The minimum atomic E-state index is 0.0433. The normalized spacial score (nSPS) is 16.7. The van der Waals surface area contributed by atoms with Gasteiger partial charge in [0, 0.05) is 23.3 Å². The maximum atomic E-state index is 12.3. The van der Waals surface area contributed by atoms with Gasteiger partial charge in [-0.25, -0.2) is 0 Å². The van der Waals surface area contributed by atoms with Crippen molar-refractivity contribution >= 4 is 21.8 Å². The molecule has 1 aromatic rings. The van der Waals surface area contributed by atoms with Gasteiger partial charge in [0.1, 0.15) is 5.69 Å². The van der Waals surface area contributed by atoms with Crippen molar-refractivity contribution in [2.45, 2.75) is 52.5 Å². The first kappa shape index (κ1) is 14.6. The quantitative estimate of drug-likeness (QED) is 0.837. The van der Waals surface area contributed by atoms with Crippen LogP contribution >= 0.6 is 15.9 Å². The second-order valence-electron chi connectivity index (χ2n) is 5.98. The summed E-state index contributed by atoms with van der Waals surface area (Å²) in [6.45, 7) is 7.20. The number of nitrogens with zero attached hydrogens (tertiary/aromatic N) is 1. The van der Waals surface area contributed by atoms with E-state index in [2.05, 4.69) is 42.0 Å². The van der Waals surface area contributed by atoms with Crippen LogP contribution in [0.15, 0.2) is 16.7 Å². The maximum absolute atomic E-state index is 12.3. The molecule has 1 aromatic heterocycles. The highest BCUT2D eigenvalue weighted by atomic mass is 79.9. The molecule has 0 aliphatic heterocycles. The van der Waals surface area contributed by atoms with Gasteiger partial charge in [-0.3, -0.25) is 4.79 Å². The lowest BCUT2D eigenvalue weighted by atomic mass is 10.0. The topological polar surface area (TPSA) is 34.0 Å². The Bertz CT molecular complexity index is 461. The molecule has 2 rings (SSSR count). The average Bonchev–Trinajstić information content (AvgIpc) is 3.00. The number of hydrogen-bond donors (Lipinski definition) is 1. The number of carbonyl (C=O) groups excluding carboxylic acids is 1. The summed E-state index contributed by atoms with van der Waals surface area (Å²) in [7, 11) is 0. The van der Waals surface area contributed by atoms with E-state index in [0.29, 0.717) is 5.41 Å². The van der Waals surface area contributed by atoms with Gasteiger partial charge in [-0.1, -0.05) is 13.3 Å². The van der Waals surface area contributed by atoms with Crippen LogP contribution in [-0.2, 0) is 0 Å².